The van der Waals surface area contributed by atoms with E-state index in [1.807, 2.05) is 24.3 Å². The predicted octanol–water partition coefficient (Wildman–Crippen LogP) is 1.15. The highest BCUT2D eigenvalue weighted by atomic mass is 32.1. The number of nitrogens with one attached hydrogen (secondary N) is 3. The molecule has 2 aromatic rings. The number of anilines is 2. The van der Waals surface area contributed by atoms with Crippen LogP contribution < -0.4 is 16.6 Å². The molecule has 2 rings (SSSR count). The molecule has 0 radical (unpaired) electrons. The van der Waals surface area contributed by atoms with Gasteiger partial charge in [0.2, 0.25) is 0 Å². The second kappa shape index (κ2) is 4.75. The molecule has 17 heavy (non-hydrogen) atoms. The molecule has 0 unspecified atom stereocenters. The van der Waals surface area contributed by atoms with E-state index in [9.17, 15) is 9.59 Å². The number of rotatable bonds is 3. The molecular formula is C11H9N3O2S. The van der Waals surface area contributed by atoms with Gasteiger partial charge in [-0.15, -0.1) is 0 Å². The minimum Gasteiger partial charge on any atom is -0.342 e. The molecule has 0 bridgehead atoms. The van der Waals surface area contributed by atoms with Crippen LogP contribution in [-0.4, -0.2) is 15.3 Å². The highest BCUT2D eigenvalue weighted by Crippen LogP contribution is 2.13. The van der Waals surface area contributed by atoms with Crippen LogP contribution >= 0.6 is 12.2 Å². The first-order chi connectivity index (χ1) is 8.17. The minimum absolute atomic E-state index is 0.334. The SMILES string of the molecule is O=c1cc(Nc2cccc(C=S)c2)[nH]c(=O)[nH]1. The average molecular weight is 247 g/mol. The first-order valence-corrected chi connectivity index (χ1v) is 5.30. The lowest BCUT2D eigenvalue weighted by molar-refractivity contribution is 1.04. The Morgan fingerprint density at radius 1 is 1.18 bits per heavy atom. The van der Waals surface area contributed by atoms with Crippen LogP contribution in [0, 0.1) is 0 Å². The third-order valence-electron chi connectivity index (χ3n) is 2.06. The molecule has 0 saturated heterocycles. The monoisotopic (exact) mass is 247 g/mol. The first-order valence-electron chi connectivity index (χ1n) is 4.83. The van der Waals surface area contributed by atoms with Gasteiger partial charge in [0.1, 0.15) is 5.82 Å². The van der Waals surface area contributed by atoms with Gasteiger partial charge < -0.3 is 5.32 Å². The summed E-state index contributed by atoms with van der Waals surface area (Å²) >= 11 is 4.82. The summed E-state index contributed by atoms with van der Waals surface area (Å²) < 4.78 is 0. The molecule has 1 heterocycles. The van der Waals surface area contributed by atoms with Crippen molar-refractivity contribution in [3.05, 3.63) is 56.7 Å². The number of benzene rings is 1. The van der Waals surface area contributed by atoms with Gasteiger partial charge in [-0.25, -0.2) is 4.79 Å². The Morgan fingerprint density at radius 2 is 2.00 bits per heavy atom. The fourth-order valence-electron chi connectivity index (χ4n) is 1.38. The third-order valence-corrected chi connectivity index (χ3v) is 2.33. The Balaban J connectivity index is 2.34. The van der Waals surface area contributed by atoms with Gasteiger partial charge >= 0.3 is 5.69 Å². The minimum atomic E-state index is -0.550. The maximum Gasteiger partial charge on any atom is 0.327 e. The number of aromatic nitrogens is 2. The van der Waals surface area contributed by atoms with Gasteiger partial charge in [-0.05, 0) is 17.7 Å². The van der Waals surface area contributed by atoms with Gasteiger partial charge in [0.15, 0.2) is 0 Å². The summed E-state index contributed by atoms with van der Waals surface area (Å²) in [6, 6.07) is 8.57. The normalized spacial score (nSPS) is 9.88. The van der Waals surface area contributed by atoms with Gasteiger partial charge in [0.05, 0.1) is 0 Å². The van der Waals surface area contributed by atoms with Gasteiger partial charge in [-0.1, -0.05) is 24.4 Å². The fraction of sp³-hybridized carbons (Fsp3) is 0. The van der Waals surface area contributed by atoms with Crippen molar-refractivity contribution in [2.75, 3.05) is 5.32 Å². The predicted molar refractivity (Wildman–Crippen MR) is 70.2 cm³/mol. The maximum absolute atomic E-state index is 11.1. The zero-order valence-electron chi connectivity index (χ0n) is 8.69. The van der Waals surface area contributed by atoms with Crippen molar-refractivity contribution in [2.45, 2.75) is 0 Å². The molecule has 0 aliphatic carbocycles. The summed E-state index contributed by atoms with van der Waals surface area (Å²) in [6.45, 7) is 0. The Hall–Kier alpha value is -2.21. The fourth-order valence-corrected chi connectivity index (χ4v) is 1.53. The number of H-pyrrole nitrogens is 2. The topological polar surface area (TPSA) is 77.8 Å². The van der Waals surface area contributed by atoms with Crippen molar-refractivity contribution in [1.82, 2.24) is 9.97 Å². The van der Waals surface area contributed by atoms with Crippen LogP contribution in [0.2, 0.25) is 0 Å². The quantitative estimate of drug-likeness (QED) is 0.711. The van der Waals surface area contributed by atoms with Crippen molar-refractivity contribution in [3.63, 3.8) is 0 Å². The van der Waals surface area contributed by atoms with E-state index in [0.29, 0.717) is 5.82 Å². The molecule has 0 fully saturated rings. The molecule has 86 valence electrons. The summed E-state index contributed by atoms with van der Waals surface area (Å²) in [5, 5.41) is 4.47. The van der Waals surface area contributed by atoms with E-state index in [2.05, 4.69) is 15.3 Å². The average Bonchev–Trinajstić information content (AvgIpc) is 2.28. The first kappa shape index (κ1) is 11.3. The summed E-state index contributed by atoms with van der Waals surface area (Å²) in [4.78, 5) is 26.7. The zero-order valence-corrected chi connectivity index (χ0v) is 9.51. The highest BCUT2D eigenvalue weighted by Gasteiger charge is 1.98. The molecule has 6 heteroatoms. The zero-order chi connectivity index (χ0) is 12.3. The molecule has 0 atom stereocenters. The van der Waals surface area contributed by atoms with Crippen LogP contribution in [0.5, 0.6) is 0 Å². The summed E-state index contributed by atoms with van der Waals surface area (Å²) in [6.07, 6.45) is 0. The number of aromatic amines is 2. The lowest BCUT2D eigenvalue weighted by Gasteiger charge is -2.05. The molecule has 0 saturated carbocycles. The van der Waals surface area contributed by atoms with Crippen molar-refractivity contribution in [3.8, 4) is 0 Å². The molecule has 0 aliphatic rings. The maximum atomic E-state index is 11.1. The van der Waals surface area contributed by atoms with Crippen molar-refractivity contribution >= 4 is 29.1 Å². The smallest absolute Gasteiger partial charge is 0.327 e. The summed E-state index contributed by atoms with van der Waals surface area (Å²) in [7, 11) is 0. The largest absolute Gasteiger partial charge is 0.342 e. The molecule has 0 aliphatic heterocycles. The Morgan fingerprint density at radius 3 is 2.71 bits per heavy atom. The molecule has 1 aromatic heterocycles. The Labute approximate surface area is 102 Å². The van der Waals surface area contributed by atoms with Gasteiger partial charge in [-0.2, -0.15) is 0 Å². The lowest BCUT2D eigenvalue weighted by Crippen LogP contribution is -2.22. The number of thiocarbonyl (C=S) groups is 1. The van der Waals surface area contributed by atoms with Crippen LogP contribution in [0.3, 0.4) is 0 Å². The third kappa shape index (κ3) is 2.88. The van der Waals surface area contributed by atoms with Crippen LogP contribution in [-0.2, 0) is 0 Å². The number of hydrogen-bond acceptors (Lipinski definition) is 4. The van der Waals surface area contributed by atoms with Crippen molar-refractivity contribution in [1.29, 1.82) is 0 Å². The second-order valence-corrected chi connectivity index (χ2v) is 3.61. The summed E-state index contributed by atoms with van der Waals surface area (Å²) in [5.74, 6) is 0.334. The number of hydrogen-bond donors (Lipinski definition) is 3. The molecular weight excluding hydrogens is 238 g/mol. The second-order valence-electron chi connectivity index (χ2n) is 3.37. The Bertz CT molecular complexity index is 632. The van der Waals surface area contributed by atoms with Gasteiger partial charge in [0, 0.05) is 17.1 Å². The van der Waals surface area contributed by atoms with E-state index in [1.54, 1.807) is 5.37 Å². The van der Waals surface area contributed by atoms with E-state index < -0.39 is 11.2 Å². The van der Waals surface area contributed by atoms with E-state index >= 15 is 0 Å². The molecule has 3 N–H and O–H groups in total. The van der Waals surface area contributed by atoms with Crippen LogP contribution in [0.4, 0.5) is 11.5 Å². The van der Waals surface area contributed by atoms with Crippen LogP contribution in [0.25, 0.3) is 0 Å². The van der Waals surface area contributed by atoms with Crippen LogP contribution in [0.15, 0.2) is 39.9 Å². The van der Waals surface area contributed by atoms with Crippen LogP contribution in [0.1, 0.15) is 5.56 Å². The van der Waals surface area contributed by atoms with Crippen molar-refractivity contribution in [2.24, 2.45) is 0 Å². The molecule has 1 aromatic carbocycles. The van der Waals surface area contributed by atoms with Gasteiger partial charge in [0.25, 0.3) is 5.56 Å². The van der Waals surface area contributed by atoms with Crippen molar-refractivity contribution < 1.29 is 0 Å². The Kier molecular flexibility index (Phi) is 3.15. The van der Waals surface area contributed by atoms with E-state index in [0.717, 1.165) is 11.3 Å². The van der Waals surface area contributed by atoms with E-state index in [4.69, 9.17) is 12.2 Å². The summed E-state index contributed by atoms with van der Waals surface area (Å²) in [5.41, 5.74) is 0.607. The standard InChI is InChI=1S/C11H9N3O2S/c15-10-5-9(13-11(16)14-10)12-8-3-1-2-7(4-8)6-17/h1-6H,(H3,12,13,14,15,16). The van der Waals surface area contributed by atoms with E-state index in [-0.39, 0.29) is 0 Å². The van der Waals surface area contributed by atoms with Gasteiger partial charge in [-0.3, -0.25) is 14.8 Å². The molecule has 0 amide bonds. The molecule has 0 spiro atoms. The molecule has 5 nitrogen and oxygen atoms in total. The highest BCUT2D eigenvalue weighted by molar-refractivity contribution is 7.79. The lowest BCUT2D eigenvalue weighted by atomic mass is 10.2. The van der Waals surface area contributed by atoms with E-state index in [1.165, 1.54) is 6.07 Å².